The molecule has 3 heteroatoms. The number of aliphatic hydroxyl groups excluding tert-OH is 1. The molecule has 1 aromatic carbocycles. The molecule has 1 heterocycles. The lowest BCUT2D eigenvalue weighted by atomic mass is 9.97. The van der Waals surface area contributed by atoms with Gasteiger partial charge in [0.25, 0.3) is 0 Å². The van der Waals surface area contributed by atoms with Gasteiger partial charge in [-0.25, -0.2) is 0 Å². The van der Waals surface area contributed by atoms with Crippen LogP contribution < -0.4 is 0 Å². The molecule has 2 rings (SSSR count). The average molecular weight is 304 g/mol. The van der Waals surface area contributed by atoms with Crippen LogP contribution in [0.2, 0.25) is 0 Å². The van der Waals surface area contributed by atoms with Gasteiger partial charge in [-0.3, -0.25) is 4.90 Å². The molecule has 1 aliphatic rings. The highest BCUT2D eigenvalue weighted by atomic mass is 16.3. The van der Waals surface area contributed by atoms with Crippen molar-refractivity contribution in [3.05, 3.63) is 35.4 Å². The average Bonchev–Trinajstić information content (AvgIpc) is 2.51. The Morgan fingerprint density at radius 1 is 1.14 bits per heavy atom. The second-order valence-corrected chi connectivity index (χ2v) is 6.91. The minimum absolute atomic E-state index is 0.125. The van der Waals surface area contributed by atoms with Crippen molar-refractivity contribution in [2.75, 3.05) is 32.8 Å². The van der Waals surface area contributed by atoms with E-state index >= 15 is 0 Å². The van der Waals surface area contributed by atoms with Gasteiger partial charge in [0.1, 0.15) is 0 Å². The largest absolute Gasteiger partial charge is 0.394 e. The summed E-state index contributed by atoms with van der Waals surface area (Å²) in [6.07, 6.45) is 1.22. The molecule has 1 fully saturated rings. The lowest BCUT2D eigenvalue weighted by Gasteiger charge is -2.43. The zero-order valence-corrected chi connectivity index (χ0v) is 14.6. The van der Waals surface area contributed by atoms with Crippen LogP contribution in [0.15, 0.2) is 24.3 Å². The van der Waals surface area contributed by atoms with Crippen molar-refractivity contribution in [2.45, 2.75) is 52.1 Å². The van der Waals surface area contributed by atoms with Crippen LogP contribution in [0.5, 0.6) is 0 Å². The molecule has 0 amide bonds. The monoisotopic (exact) mass is 304 g/mol. The Hall–Kier alpha value is -0.900. The van der Waals surface area contributed by atoms with E-state index < -0.39 is 0 Å². The molecule has 124 valence electrons. The molecule has 2 unspecified atom stereocenters. The van der Waals surface area contributed by atoms with Gasteiger partial charge in [0.05, 0.1) is 12.6 Å². The molecule has 0 bridgehead atoms. The molecule has 1 N–H and O–H groups in total. The quantitative estimate of drug-likeness (QED) is 0.874. The summed E-state index contributed by atoms with van der Waals surface area (Å²) in [5.41, 5.74) is 2.60. The maximum Gasteiger partial charge on any atom is 0.0628 e. The first kappa shape index (κ1) is 17.5. The van der Waals surface area contributed by atoms with Crippen molar-refractivity contribution >= 4 is 0 Å². The van der Waals surface area contributed by atoms with Crippen LogP contribution in [0.1, 0.15) is 57.2 Å². The molecule has 0 saturated carbocycles. The van der Waals surface area contributed by atoms with Crippen LogP contribution in [-0.2, 0) is 0 Å². The van der Waals surface area contributed by atoms with Gasteiger partial charge in [0.2, 0.25) is 0 Å². The first-order valence-corrected chi connectivity index (χ1v) is 8.75. The van der Waals surface area contributed by atoms with Crippen LogP contribution in [0.4, 0.5) is 0 Å². The third kappa shape index (κ3) is 4.09. The summed E-state index contributed by atoms with van der Waals surface area (Å²) in [5, 5.41) is 9.94. The summed E-state index contributed by atoms with van der Waals surface area (Å²) < 4.78 is 0. The summed E-state index contributed by atoms with van der Waals surface area (Å²) in [5.74, 6) is 0.554. The lowest BCUT2D eigenvalue weighted by molar-refractivity contribution is 0.0253. The van der Waals surface area contributed by atoms with E-state index in [1.807, 2.05) is 0 Å². The van der Waals surface area contributed by atoms with E-state index in [0.29, 0.717) is 12.0 Å². The predicted molar refractivity (Wildman–Crippen MR) is 93.3 cm³/mol. The fourth-order valence-corrected chi connectivity index (χ4v) is 3.53. The van der Waals surface area contributed by atoms with Gasteiger partial charge in [-0.15, -0.1) is 0 Å². The standard InChI is InChI=1S/C19H32N2O/c1-5-10-20-11-12-21(16(4)13-20)19(14-22)18-8-6-17(7-9-18)15(2)3/h6-9,15-16,19,22H,5,10-14H2,1-4H3. The summed E-state index contributed by atoms with van der Waals surface area (Å²) in [6.45, 7) is 13.6. The molecule has 1 aliphatic heterocycles. The van der Waals surface area contributed by atoms with Gasteiger partial charge in [0.15, 0.2) is 0 Å². The highest BCUT2D eigenvalue weighted by molar-refractivity contribution is 5.27. The number of benzene rings is 1. The summed E-state index contributed by atoms with van der Waals surface area (Å²) in [7, 11) is 0. The summed E-state index contributed by atoms with van der Waals surface area (Å²) >= 11 is 0. The Bertz CT molecular complexity index is 443. The van der Waals surface area contributed by atoms with E-state index in [9.17, 15) is 5.11 Å². The molecular formula is C19H32N2O. The van der Waals surface area contributed by atoms with Crippen LogP contribution in [0.25, 0.3) is 0 Å². The first-order valence-electron chi connectivity index (χ1n) is 8.75. The lowest BCUT2D eigenvalue weighted by Crippen LogP contribution is -2.53. The number of hydrogen-bond donors (Lipinski definition) is 1. The first-order chi connectivity index (χ1) is 10.6. The fraction of sp³-hybridized carbons (Fsp3) is 0.684. The van der Waals surface area contributed by atoms with Gasteiger partial charge >= 0.3 is 0 Å². The number of rotatable bonds is 6. The Balaban J connectivity index is 2.08. The van der Waals surface area contributed by atoms with Gasteiger partial charge in [-0.05, 0) is 36.9 Å². The van der Waals surface area contributed by atoms with E-state index in [2.05, 4.69) is 61.8 Å². The van der Waals surface area contributed by atoms with E-state index in [-0.39, 0.29) is 12.6 Å². The fourth-order valence-electron chi connectivity index (χ4n) is 3.53. The normalized spacial score (nSPS) is 22.2. The molecule has 0 radical (unpaired) electrons. The Labute approximate surface area is 135 Å². The smallest absolute Gasteiger partial charge is 0.0628 e. The molecule has 1 aromatic rings. The van der Waals surface area contributed by atoms with Crippen LogP contribution in [0.3, 0.4) is 0 Å². The second kappa shape index (κ2) is 8.09. The number of aliphatic hydroxyl groups is 1. The summed E-state index contributed by atoms with van der Waals surface area (Å²) in [4.78, 5) is 5.01. The van der Waals surface area contributed by atoms with Crippen molar-refractivity contribution < 1.29 is 5.11 Å². The van der Waals surface area contributed by atoms with Crippen molar-refractivity contribution in [2.24, 2.45) is 0 Å². The summed E-state index contributed by atoms with van der Waals surface area (Å²) in [6, 6.07) is 9.42. The number of nitrogens with zero attached hydrogens (tertiary/aromatic N) is 2. The SMILES string of the molecule is CCCN1CCN(C(CO)c2ccc(C(C)C)cc2)C(C)C1. The van der Waals surface area contributed by atoms with E-state index in [0.717, 1.165) is 19.6 Å². The molecule has 2 atom stereocenters. The third-order valence-electron chi connectivity index (χ3n) is 4.86. The van der Waals surface area contributed by atoms with Crippen molar-refractivity contribution in [1.29, 1.82) is 0 Å². The minimum atomic E-state index is 0.125. The zero-order chi connectivity index (χ0) is 16.1. The zero-order valence-electron chi connectivity index (χ0n) is 14.6. The molecule has 0 aliphatic carbocycles. The topological polar surface area (TPSA) is 26.7 Å². The maximum atomic E-state index is 9.94. The minimum Gasteiger partial charge on any atom is -0.394 e. The molecule has 0 spiro atoms. The van der Waals surface area contributed by atoms with E-state index in [4.69, 9.17) is 0 Å². The highest BCUT2D eigenvalue weighted by Crippen LogP contribution is 2.26. The molecular weight excluding hydrogens is 272 g/mol. The van der Waals surface area contributed by atoms with E-state index in [1.54, 1.807) is 0 Å². The van der Waals surface area contributed by atoms with Crippen LogP contribution in [0, 0.1) is 0 Å². The predicted octanol–water partition coefficient (Wildman–Crippen LogP) is 3.26. The molecule has 22 heavy (non-hydrogen) atoms. The number of piperazine rings is 1. The van der Waals surface area contributed by atoms with Crippen molar-refractivity contribution in [1.82, 2.24) is 9.80 Å². The third-order valence-corrected chi connectivity index (χ3v) is 4.86. The Morgan fingerprint density at radius 3 is 2.27 bits per heavy atom. The molecule has 0 aromatic heterocycles. The van der Waals surface area contributed by atoms with Crippen LogP contribution >= 0.6 is 0 Å². The van der Waals surface area contributed by atoms with Gasteiger partial charge in [0, 0.05) is 25.7 Å². The molecule has 3 nitrogen and oxygen atoms in total. The Morgan fingerprint density at radius 2 is 1.77 bits per heavy atom. The van der Waals surface area contributed by atoms with Crippen LogP contribution in [-0.4, -0.2) is 53.7 Å². The Kier molecular flexibility index (Phi) is 6.42. The van der Waals surface area contributed by atoms with Gasteiger partial charge in [-0.2, -0.15) is 0 Å². The molecule has 1 saturated heterocycles. The highest BCUT2D eigenvalue weighted by Gasteiger charge is 2.29. The number of hydrogen-bond acceptors (Lipinski definition) is 3. The van der Waals surface area contributed by atoms with Gasteiger partial charge < -0.3 is 10.0 Å². The van der Waals surface area contributed by atoms with E-state index in [1.165, 1.54) is 24.1 Å². The maximum absolute atomic E-state index is 9.94. The van der Waals surface area contributed by atoms with Gasteiger partial charge in [-0.1, -0.05) is 45.0 Å². The van der Waals surface area contributed by atoms with Crippen molar-refractivity contribution in [3.63, 3.8) is 0 Å². The van der Waals surface area contributed by atoms with Crippen molar-refractivity contribution in [3.8, 4) is 0 Å². The second-order valence-electron chi connectivity index (χ2n) is 6.91.